The van der Waals surface area contributed by atoms with Crippen LogP contribution in [0.4, 0.5) is 10.2 Å². The summed E-state index contributed by atoms with van der Waals surface area (Å²) in [5.41, 5.74) is 3.28. The van der Waals surface area contributed by atoms with E-state index in [2.05, 4.69) is 4.90 Å². The van der Waals surface area contributed by atoms with Crippen molar-refractivity contribution >= 4 is 11.7 Å². The van der Waals surface area contributed by atoms with Crippen molar-refractivity contribution in [2.75, 3.05) is 18.0 Å². The Morgan fingerprint density at radius 3 is 2.71 bits per heavy atom. The van der Waals surface area contributed by atoms with Gasteiger partial charge in [0.15, 0.2) is 5.82 Å². The second kappa shape index (κ2) is 7.86. The van der Waals surface area contributed by atoms with Crippen LogP contribution in [0.5, 0.6) is 0 Å². The number of anilines is 1. The van der Waals surface area contributed by atoms with Gasteiger partial charge in [0.2, 0.25) is 5.91 Å². The van der Waals surface area contributed by atoms with Crippen LogP contribution in [0.1, 0.15) is 61.3 Å². The zero-order valence-corrected chi connectivity index (χ0v) is 16.6. The van der Waals surface area contributed by atoms with Gasteiger partial charge in [-0.25, -0.2) is 14.4 Å². The minimum Gasteiger partial charge on any atom is -0.352 e. The monoisotopic (exact) mass is 382 g/mol. The van der Waals surface area contributed by atoms with E-state index in [-0.39, 0.29) is 17.8 Å². The van der Waals surface area contributed by atoms with E-state index < -0.39 is 0 Å². The van der Waals surface area contributed by atoms with Gasteiger partial charge in [-0.15, -0.1) is 0 Å². The van der Waals surface area contributed by atoms with E-state index in [0.717, 1.165) is 61.7 Å². The highest BCUT2D eigenvalue weighted by molar-refractivity contribution is 5.76. The lowest BCUT2D eigenvalue weighted by atomic mass is 10.0. The van der Waals surface area contributed by atoms with Gasteiger partial charge in [0.25, 0.3) is 0 Å². The average molecular weight is 382 g/mol. The van der Waals surface area contributed by atoms with Gasteiger partial charge in [-0.3, -0.25) is 4.79 Å². The summed E-state index contributed by atoms with van der Waals surface area (Å²) in [6.45, 7) is 6.36. The maximum absolute atomic E-state index is 13.2. The van der Waals surface area contributed by atoms with Crippen molar-refractivity contribution in [3.05, 3.63) is 52.7 Å². The Labute approximate surface area is 165 Å². The molecule has 0 bridgehead atoms. The lowest BCUT2D eigenvalue weighted by molar-refractivity contribution is -0.131. The Balaban J connectivity index is 1.66. The molecule has 1 atom stereocenters. The molecule has 148 valence electrons. The van der Waals surface area contributed by atoms with Crippen LogP contribution in [0.2, 0.25) is 0 Å². The standard InChI is InChI=1S/C22H27FN4O/c1-3-20(28)27-13-5-7-19(27)21-24-15(2)18-6-4-12-26(22(18)25-21)14-16-8-10-17(23)11-9-16/h8-11,19H,3-7,12-14H2,1-2H3/t19-/m1/s1. The predicted octanol–water partition coefficient (Wildman–Crippen LogP) is 3.95. The molecule has 0 saturated carbocycles. The van der Waals surface area contributed by atoms with Crippen LogP contribution in [-0.4, -0.2) is 33.9 Å². The molecule has 28 heavy (non-hydrogen) atoms. The Morgan fingerprint density at radius 2 is 1.96 bits per heavy atom. The normalized spacial score (nSPS) is 19.0. The summed E-state index contributed by atoms with van der Waals surface area (Å²) in [7, 11) is 0. The zero-order chi connectivity index (χ0) is 19.7. The molecule has 0 unspecified atom stereocenters. The largest absolute Gasteiger partial charge is 0.352 e. The minimum atomic E-state index is -0.217. The molecule has 0 radical (unpaired) electrons. The highest BCUT2D eigenvalue weighted by Crippen LogP contribution is 2.35. The second-order valence-corrected chi connectivity index (χ2v) is 7.72. The fourth-order valence-corrected chi connectivity index (χ4v) is 4.36. The molecular formula is C22H27FN4O. The molecule has 0 N–H and O–H groups in total. The molecule has 0 aliphatic carbocycles. The van der Waals surface area contributed by atoms with Gasteiger partial charge in [0, 0.05) is 37.3 Å². The van der Waals surface area contributed by atoms with Gasteiger partial charge >= 0.3 is 0 Å². The van der Waals surface area contributed by atoms with Crippen LogP contribution in [0.25, 0.3) is 0 Å². The molecule has 1 aromatic heterocycles. The lowest BCUT2D eigenvalue weighted by Gasteiger charge is -2.32. The van der Waals surface area contributed by atoms with Gasteiger partial charge in [-0.1, -0.05) is 19.1 Å². The number of aryl methyl sites for hydroxylation is 1. The van der Waals surface area contributed by atoms with Crippen molar-refractivity contribution in [2.24, 2.45) is 0 Å². The average Bonchev–Trinajstić information content (AvgIpc) is 3.19. The molecule has 4 rings (SSSR count). The maximum atomic E-state index is 13.2. The minimum absolute atomic E-state index is 0.0222. The van der Waals surface area contributed by atoms with Crippen molar-refractivity contribution in [2.45, 2.75) is 58.5 Å². The number of hydrogen-bond donors (Lipinski definition) is 0. The van der Waals surface area contributed by atoms with Crippen molar-refractivity contribution in [1.29, 1.82) is 0 Å². The predicted molar refractivity (Wildman–Crippen MR) is 107 cm³/mol. The number of carbonyl (C=O) groups is 1. The van der Waals surface area contributed by atoms with E-state index in [4.69, 9.17) is 9.97 Å². The van der Waals surface area contributed by atoms with Gasteiger partial charge in [-0.05, 0) is 50.3 Å². The Kier molecular flexibility index (Phi) is 5.29. The molecule has 5 nitrogen and oxygen atoms in total. The van der Waals surface area contributed by atoms with Gasteiger partial charge in [-0.2, -0.15) is 0 Å². The lowest BCUT2D eigenvalue weighted by Crippen LogP contribution is -2.34. The molecule has 6 heteroatoms. The van der Waals surface area contributed by atoms with Crippen molar-refractivity contribution in [3.63, 3.8) is 0 Å². The summed E-state index contributed by atoms with van der Waals surface area (Å²) in [5, 5.41) is 0. The van der Waals surface area contributed by atoms with Crippen LogP contribution in [0.3, 0.4) is 0 Å². The van der Waals surface area contributed by atoms with E-state index in [9.17, 15) is 9.18 Å². The van der Waals surface area contributed by atoms with Crippen LogP contribution in [0.15, 0.2) is 24.3 Å². The molecular weight excluding hydrogens is 355 g/mol. The second-order valence-electron chi connectivity index (χ2n) is 7.72. The smallest absolute Gasteiger partial charge is 0.222 e. The first kappa shape index (κ1) is 18.8. The Bertz CT molecular complexity index is 868. The van der Waals surface area contributed by atoms with Crippen LogP contribution < -0.4 is 4.90 Å². The number of rotatable bonds is 4. The molecule has 1 saturated heterocycles. The maximum Gasteiger partial charge on any atom is 0.222 e. The number of aromatic nitrogens is 2. The first-order valence-corrected chi connectivity index (χ1v) is 10.2. The van der Waals surface area contributed by atoms with Crippen molar-refractivity contribution in [1.82, 2.24) is 14.9 Å². The first-order valence-electron chi connectivity index (χ1n) is 10.2. The summed E-state index contributed by atoms with van der Waals surface area (Å²) in [5.74, 6) is 1.70. The number of nitrogens with zero attached hydrogens (tertiary/aromatic N) is 4. The third-order valence-electron chi connectivity index (χ3n) is 5.82. The van der Waals surface area contributed by atoms with Crippen molar-refractivity contribution < 1.29 is 9.18 Å². The Hall–Kier alpha value is -2.50. The van der Waals surface area contributed by atoms with E-state index in [1.54, 1.807) is 0 Å². The number of benzene rings is 1. The SMILES string of the molecule is CCC(=O)N1CCC[C@@H]1c1nc(C)c2c(n1)N(Cc1ccc(F)cc1)CCC2. The molecule has 3 heterocycles. The van der Waals surface area contributed by atoms with Gasteiger partial charge in [0.1, 0.15) is 11.6 Å². The third kappa shape index (κ3) is 3.60. The molecule has 2 aliphatic rings. The van der Waals surface area contributed by atoms with E-state index in [1.807, 2.05) is 30.9 Å². The molecule has 1 aromatic carbocycles. The fourth-order valence-electron chi connectivity index (χ4n) is 4.36. The van der Waals surface area contributed by atoms with E-state index in [0.29, 0.717) is 13.0 Å². The summed E-state index contributed by atoms with van der Waals surface area (Å²) in [6, 6.07) is 6.65. The Morgan fingerprint density at radius 1 is 1.18 bits per heavy atom. The van der Waals surface area contributed by atoms with Crippen molar-refractivity contribution in [3.8, 4) is 0 Å². The van der Waals surface area contributed by atoms with Gasteiger partial charge < -0.3 is 9.80 Å². The van der Waals surface area contributed by atoms with E-state index >= 15 is 0 Å². The molecule has 1 fully saturated rings. The number of hydrogen-bond acceptors (Lipinski definition) is 4. The number of fused-ring (bicyclic) bond motifs is 1. The first-order chi connectivity index (χ1) is 13.6. The fraction of sp³-hybridized carbons (Fsp3) is 0.500. The van der Waals surface area contributed by atoms with Gasteiger partial charge in [0.05, 0.1) is 6.04 Å². The molecule has 0 spiro atoms. The van der Waals surface area contributed by atoms with Crippen LogP contribution in [0, 0.1) is 12.7 Å². The third-order valence-corrected chi connectivity index (χ3v) is 5.82. The summed E-state index contributed by atoms with van der Waals surface area (Å²) in [4.78, 5) is 26.3. The molecule has 2 aliphatic heterocycles. The number of amides is 1. The van der Waals surface area contributed by atoms with Crippen LogP contribution in [-0.2, 0) is 17.8 Å². The highest BCUT2D eigenvalue weighted by atomic mass is 19.1. The number of halogens is 1. The summed E-state index contributed by atoms with van der Waals surface area (Å²) in [6.07, 6.45) is 4.46. The zero-order valence-electron chi connectivity index (χ0n) is 16.6. The summed E-state index contributed by atoms with van der Waals surface area (Å²) < 4.78 is 13.2. The molecule has 2 aromatic rings. The topological polar surface area (TPSA) is 49.3 Å². The van der Waals surface area contributed by atoms with Crippen LogP contribution >= 0.6 is 0 Å². The number of carbonyl (C=O) groups excluding carboxylic acids is 1. The molecule has 1 amide bonds. The highest BCUT2D eigenvalue weighted by Gasteiger charge is 2.33. The van der Waals surface area contributed by atoms with E-state index in [1.165, 1.54) is 17.7 Å². The summed E-state index contributed by atoms with van der Waals surface area (Å²) >= 11 is 0. The number of likely N-dealkylation sites (tertiary alicyclic amines) is 1. The quantitative estimate of drug-likeness (QED) is 0.803.